The van der Waals surface area contributed by atoms with Crippen molar-refractivity contribution in [2.24, 2.45) is 10.9 Å². The Bertz CT molecular complexity index is 660. The van der Waals surface area contributed by atoms with Crippen molar-refractivity contribution in [2.75, 3.05) is 13.6 Å². The van der Waals surface area contributed by atoms with Gasteiger partial charge in [-0.25, -0.2) is 9.07 Å². The minimum absolute atomic E-state index is 0.246. The van der Waals surface area contributed by atoms with Crippen LogP contribution in [0.25, 0.3) is 5.69 Å². The molecule has 2 aromatic rings. The molecule has 0 radical (unpaired) electrons. The molecule has 0 spiro atoms. The Morgan fingerprint density at radius 2 is 1.92 bits per heavy atom. The lowest BCUT2D eigenvalue weighted by atomic mass is 10.1. The van der Waals surface area contributed by atoms with Crippen molar-refractivity contribution in [1.29, 1.82) is 0 Å². The van der Waals surface area contributed by atoms with Crippen molar-refractivity contribution in [3.63, 3.8) is 0 Å². The first kappa shape index (κ1) is 18.0. The van der Waals surface area contributed by atoms with Gasteiger partial charge in [-0.3, -0.25) is 4.99 Å². The van der Waals surface area contributed by atoms with Crippen LogP contribution in [-0.4, -0.2) is 35.4 Å². The summed E-state index contributed by atoms with van der Waals surface area (Å²) in [5.74, 6) is 1.09. The van der Waals surface area contributed by atoms with Gasteiger partial charge in [-0.1, -0.05) is 13.8 Å². The van der Waals surface area contributed by atoms with Gasteiger partial charge in [0.25, 0.3) is 0 Å². The Kier molecular flexibility index (Phi) is 6.35. The lowest BCUT2D eigenvalue weighted by molar-refractivity contribution is 0.481. The maximum Gasteiger partial charge on any atom is 0.191 e. The molecular formula is C18H26FN5. The molecule has 0 bridgehead atoms. The summed E-state index contributed by atoms with van der Waals surface area (Å²) < 4.78 is 14.7. The van der Waals surface area contributed by atoms with Gasteiger partial charge in [-0.2, -0.15) is 5.10 Å². The van der Waals surface area contributed by atoms with Gasteiger partial charge in [0.1, 0.15) is 5.82 Å². The predicted octanol–water partition coefficient (Wildman–Crippen LogP) is 2.76. The number of guanidine groups is 1. The highest BCUT2D eigenvalue weighted by molar-refractivity contribution is 5.79. The molecule has 2 N–H and O–H groups in total. The van der Waals surface area contributed by atoms with Gasteiger partial charge >= 0.3 is 0 Å². The predicted molar refractivity (Wildman–Crippen MR) is 96.0 cm³/mol. The van der Waals surface area contributed by atoms with E-state index in [1.807, 2.05) is 12.3 Å². The zero-order valence-electron chi connectivity index (χ0n) is 14.8. The van der Waals surface area contributed by atoms with E-state index in [0.717, 1.165) is 30.3 Å². The van der Waals surface area contributed by atoms with E-state index >= 15 is 0 Å². The maximum atomic E-state index is 13.0. The number of hydrogen-bond donors (Lipinski definition) is 2. The Balaban J connectivity index is 1.85. The third kappa shape index (κ3) is 5.08. The molecule has 0 aliphatic carbocycles. The van der Waals surface area contributed by atoms with Crippen molar-refractivity contribution in [1.82, 2.24) is 20.4 Å². The molecule has 1 heterocycles. The first-order valence-corrected chi connectivity index (χ1v) is 8.27. The fourth-order valence-electron chi connectivity index (χ4n) is 2.12. The van der Waals surface area contributed by atoms with Crippen LogP contribution in [0, 0.1) is 11.7 Å². The number of aromatic nitrogens is 2. The molecule has 0 saturated heterocycles. The van der Waals surface area contributed by atoms with Crippen molar-refractivity contribution < 1.29 is 4.39 Å². The number of hydrogen-bond acceptors (Lipinski definition) is 2. The molecule has 1 aromatic heterocycles. The third-order valence-electron chi connectivity index (χ3n) is 4.00. The van der Waals surface area contributed by atoms with Gasteiger partial charge in [-0.05, 0) is 43.2 Å². The summed E-state index contributed by atoms with van der Waals surface area (Å²) in [6, 6.07) is 8.62. The molecule has 130 valence electrons. The first-order valence-electron chi connectivity index (χ1n) is 8.27. The van der Waals surface area contributed by atoms with E-state index in [0.29, 0.717) is 12.0 Å². The van der Waals surface area contributed by atoms with E-state index in [1.54, 1.807) is 23.9 Å². The second-order valence-corrected chi connectivity index (χ2v) is 6.15. The molecule has 24 heavy (non-hydrogen) atoms. The number of nitrogens with zero attached hydrogens (tertiary/aromatic N) is 3. The highest BCUT2D eigenvalue weighted by Crippen LogP contribution is 2.09. The van der Waals surface area contributed by atoms with Crippen LogP contribution in [0.5, 0.6) is 0 Å². The molecular weight excluding hydrogens is 305 g/mol. The van der Waals surface area contributed by atoms with E-state index in [2.05, 4.69) is 41.5 Å². The van der Waals surface area contributed by atoms with Crippen LogP contribution in [0.4, 0.5) is 4.39 Å². The lowest BCUT2D eigenvalue weighted by Crippen LogP contribution is -2.44. The molecule has 0 amide bonds. The molecule has 0 saturated carbocycles. The Morgan fingerprint density at radius 3 is 2.54 bits per heavy atom. The van der Waals surface area contributed by atoms with Crippen LogP contribution in [0.15, 0.2) is 41.5 Å². The average Bonchev–Trinajstić information content (AvgIpc) is 3.03. The van der Waals surface area contributed by atoms with Gasteiger partial charge in [0.15, 0.2) is 5.96 Å². The van der Waals surface area contributed by atoms with Crippen molar-refractivity contribution in [2.45, 2.75) is 33.2 Å². The minimum Gasteiger partial charge on any atom is -0.356 e. The SMILES string of the molecule is CN=C(NCCc1ccn(-c2ccc(F)cc2)n1)NC(C)C(C)C. The molecule has 5 nitrogen and oxygen atoms in total. The molecule has 0 aliphatic rings. The number of nitrogens with one attached hydrogen (secondary N) is 2. The second kappa shape index (κ2) is 8.47. The summed E-state index contributed by atoms with van der Waals surface area (Å²) >= 11 is 0. The van der Waals surface area contributed by atoms with Gasteiger partial charge in [-0.15, -0.1) is 0 Å². The number of rotatable bonds is 6. The summed E-state index contributed by atoms with van der Waals surface area (Å²) in [7, 11) is 1.77. The van der Waals surface area contributed by atoms with Crippen molar-refractivity contribution in [3.8, 4) is 5.69 Å². The highest BCUT2D eigenvalue weighted by Gasteiger charge is 2.09. The lowest BCUT2D eigenvalue weighted by Gasteiger charge is -2.20. The standard InChI is InChI=1S/C18H26FN5/c1-13(2)14(3)22-18(20-4)21-11-9-16-10-12-24(23-16)17-7-5-15(19)6-8-17/h5-8,10,12-14H,9,11H2,1-4H3,(H2,20,21,22). The topological polar surface area (TPSA) is 54.2 Å². The molecule has 6 heteroatoms. The van der Waals surface area contributed by atoms with E-state index in [4.69, 9.17) is 0 Å². The van der Waals surface area contributed by atoms with E-state index < -0.39 is 0 Å². The zero-order valence-corrected chi connectivity index (χ0v) is 14.8. The second-order valence-electron chi connectivity index (χ2n) is 6.15. The Morgan fingerprint density at radius 1 is 1.21 bits per heavy atom. The van der Waals surface area contributed by atoms with E-state index in [-0.39, 0.29) is 5.82 Å². The molecule has 0 fully saturated rings. The largest absolute Gasteiger partial charge is 0.356 e. The molecule has 1 aromatic carbocycles. The Hall–Kier alpha value is -2.37. The maximum absolute atomic E-state index is 13.0. The zero-order chi connectivity index (χ0) is 17.5. The van der Waals surface area contributed by atoms with Gasteiger partial charge in [0.05, 0.1) is 11.4 Å². The minimum atomic E-state index is -0.246. The fourth-order valence-corrected chi connectivity index (χ4v) is 2.12. The van der Waals surface area contributed by atoms with Crippen LogP contribution in [0.2, 0.25) is 0 Å². The molecule has 1 atom stereocenters. The summed E-state index contributed by atoms with van der Waals surface area (Å²) in [4.78, 5) is 4.24. The normalized spacial score (nSPS) is 13.2. The van der Waals surface area contributed by atoms with E-state index in [1.165, 1.54) is 12.1 Å². The van der Waals surface area contributed by atoms with Crippen LogP contribution in [0.1, 0.15) is 26.5 Å². The summed E-state index contributed by atoms with van der Waals surface area (Å²) in [6.45, 7) is 7.23. The van der Waals surface area contributed by atoms with Crippen LogP contribution in [0.3, 0.4) is 0 Å². The monoisotopic (exact) mass is 331 g/mol. The van der Waals surface area contributed by atoms with Gasteiger partial charge in [0.2, 0.25) is 0 Å². The Labute approximate surface area is 143 Å². The number of halogens is 1. The van der Waals surface area contributed by atoms with E-state index in [9.17, 15) is 4.39 Å². The highest BCUT2D eigenvalue weighted by atomic mass is 19.1. The van der Waals surface area contributed by atoms with Crippen LogP contribution >= 0.6 is 0 Å². The average molecular weight is 331 g/mol. The van der Waals surface area contributed by atoms with Crippen LogP contribution < -0.4 is 10.6 Å². The quantitative estimate of drug-likeness (QED) is 0.632. The summed E-state index contributed by atoms with van der Waals surface area (Å²) in [5, 5.41) is 11.2. The fraction of sp³-hybridized carbons (Fsp3) is 0.444. The van der Waals surface area contributed by atoms with Crippen molar-refractivity contribution >= 4 is 5.96 Å². The van der Waals surface area contributed by atoms with Gasteiger partial charge in [0, 0.05) is 32.3 Å². The summed E-state index contributed by atoms with van der Waals surface area (Å²) in [5.41, 5.74) is 1.82. The van der Waals surface area contributed by atoms with Crippen molar-refractivity contribution in [3.05, 3.63) is 48.0 Å². The molecule has 1 unspecified atom stereocenters. The number of aliphatic imine (C=N–C) groups is 1. The van der Waals surface area contributed by atoms with Gasteiger partial charge < -0.3 is 10.6 Å². The third-order valence-corrected chi connectivity index (χ3v) is 4.00. The van der Waals surface area contributed by atoms with Crippen LogP contribution in [-0.2, 0) is 6.42 Å². The number of benzene rings is 1. The smallest absolute Gasteiger partial charge is 0.191 e. The first-order chi connectivity index (χ1) is 11.5. The molecule has 2 rings (SSSR count). The summed E-state index contributed by atoms with van der Waals surface area (Å²) in [6.07, 6.45) is 2.67. The molecule has 0 aliphatic heterocycles.